The van der Waals surface area contributed by atoms with Gasteiger partial charge in [-0.2, -0.15) is 0 Å². The summed E-state index contributed by atoms with van der Waals surface area (Å²) in [6.07, 6.45) is 36.0. The van der Waals surface area contributed by atoms with E-state index in [0.717, 1.165) is 25.7 Å². The molecular formula is C41H73O10P. The molecule has 0 unspecified atom stereocenters. The van der Waals surface area contributed by atoms with Crippen LogP contribution in [0.4, 0.5) is 0 Å². The number of aliphatic hydroxyl groups is 2. The van der Waals surface area contributed by atoms with E-state index < -0.39 is 51.3 Å². The first kappa shape index (κ1) is 49.9. The number of hydrogen-bond donors (Lipinski definition) is 4. The molecule has 4 N–H and O–H groups in total. The Labute approximate surface area is 315 Å². The monoisotopic (exact) mass is 756 g/mol. The van der Waals surface area contributed by atoms with Gasteiger partial charge in [0.1, 0.15) is 6.61 Å². The van der Waals surface area contributed by atoms with Crippen LogP contribution < -0.4 is 0 Å². The number of carbonyl (C=O) groups is 2. The van der Waals surface area contributed by atoms with Gasteiger partial charge in [0.15, 0.2) is 6.10 Å². The van der Waals surface area contributed by atoms with Gasteiger partial charge in [0, 0.05) is 12.8 Å². The van der Waals surface area contributed by atoms with E-state index in [2.05, 4.69) is 24.4 Å². The van der Waals surface area contributed by atoms with Crippen LogP contribution in [0, 0.1) is 0 Å². The Bertz CT molecular complexity index is 1020. The molecule has 0 aromatic rings. The second kappa shape index (κ2) is 35.9. The van der Waals surface area contributed by atoms with Gasteiger partial charge in [0.05, 0.1) is 18.8 Å². The van der Waals surface area contributed by atoms with Gasteiger partial charge in [-0.1, -0.05) is 165 Å². The molecule has 0 saturated carbocycles. The lowest BCUT2D eigenvalue weighted by molar-refractivity contribution is -0.161. The van der Waals surface area contributed by atoms with Crippen molar-refractivity contribution in [2.75, 3.05) is 13.2 Å². The zero-order valence-corrected chi connectivity index (χ0v) is 33.3. The van der Waals surface area contributed by atoms with E-state index in [9.17, 15) is 24.4 Å². The van der Waals surface area contributed by atoms with E-state index in [-0.39, 0.29) is 12.8 Å². The van der Waals surface area contributed by atoms with Crippen molar-refractivity contribution >= 4 is 19.8 Å². The van der Waals surface area contributed by atoms with Crippen molar-refractivity contribution < 1.29 is 48.2 Å². The lowest BCUT2D eigenvalue weighted by Crippen LogP contribution is -2.29. The van der Waals surface area contributed by atoms with Gasteiger partial charge in [-0.15, -0.1) is 0 Å². The Morgan fingerprint density at radius 2 is 1.10 bits per heavy atom. The molecule has 11 heteroatoms. The lowest BCUT2D eigenvalue weighted by atomic mass is 10.0. The van der Waals surface area contributed by atoms with Crippen molar-refractivity contribution in [1.29, 1.82) is 0 Å². The molecular weight excluding hydrogens is 683 g/mol. The number of allylic oxidation sites excluding steroid dienone is 5. The maximum Gasteiger partial charge on any atom is 0.469 e. The number of phosphoric acid groups is 1. The highest BCUT2D eigenvalue weighted by Gasteiger charge is 2.23. The normalized spacial score (nSPS) is 14.2. The topological polar surface area (TPSA) is 160 Å². The largest absolute Gasteiger partial charge is 0.469 e. The minimum atomic E-state index is -4.81. The molecule has 0 fully saturated rings. The van der Waals surface area contributed by atoms with Gasteiger partial charge in [-0.25, -0.2) is 4.57 Å². The average molecular weight is 757 g/mol. The molecule has 0 rings (SSSR count). The van der Waals surface area contributed by atoms with Crippen LogP contribution >= 0.6 is 7.82 Å². The van der Waals surface area contributed by atoms with Crippen molar-refractivity contribution in [3.63, 3.8) is 0 Å². The Morgan fingerprint density at radius 1 is 0.596 bits per heavy atom. The fourth-order valence-corrected chi connectivity index (χ4v) is 5.81. The first-order valence-electron chi connectivity index (χ1n) is 20.1. The molecule has 0 heterocycles. The van der Waals surface area contributed by atoms with Gasteiger partial charge in [0.2, 0.25) is 0 Å². The third-order valence-corrected chi connectivity index (χ3v) is 9.03. The zero-order valence-electron chi connectivity index (χ0n) is 32.4. The number of phosphoric ester groups is 1. The smallest absolute Gasteiger partial charge is 0.462 e. The highest BCUT2D eigenvalue weighted by Crippen LogP contribution is 2.36. The molecule has 3 atom stereocenters. The number of ether oxygens (including phenoxy) is 2. The average Bonchev–Trinajstić information content (AvgIpc) is 3.10. The van der Waals surface area contributed by atoms with E-state index in [0.29, 0.717) is 25.7 Å². The van der Waals surface area contributed by atoms with Crippen molar-refractivity contribution in [3.8, 4) is 0 Å². The summed E-state index contributed by atoms with van der Waals surface area (Å²) in [4.78, 5) is 42.8. The summed E-state index contributed by atoms with van der Waals surface area (Å²) >= 11 is 0. The molecule has 0 radical (unpaired) electrons. The summed E-state index contributed by atoms with van der Waals surface area (Å²) in [6.45, 7) is 3.41. The molecule has 0 aromatic carbocycles. The highest BCUT2D eigenvalue weighted by atomic mass is 31.2. The molecule has 0 aliphatic rings. The quantitative estimate of drug-likeness (QED) is 0.0159. The maximum atomic E-state index is 12.4. The third-order valence-electron chi connectivity index (χ3n) is 8.54. The fraction of sp³-hybridized carbons (Fsp3) is 0.756. The minimum Gasteiger partial charge on any atom is -0.462 e. The summed E-state index contributed by atoms with van der Waals surface area (Å²) in [6, 6.07) is 0. The molecule has 0 spiro atoms. The van der Waals surface area contributed by atoms with E-state index in [1.807, 2.05) is 6.08 Å². The first-order chi connectivity index (χ1) is 25.1. The van der Waals surface area contributed by atoms with Crippen LogP contribution in [-0.2, 0) is 28.2 Å². The van der Waals surface area contributed by atoms with E-state index in [1.165, 1.54) is 89.9 Å². The van der Waals surface area contributed by atoms with Crippen LogP contribution in [0.15, 0.2) is 48.6 Å². The summed E-state index contributed by atoms with van der Waals surface area (Å²) in [5.74, 6) is -1.12. The second-order valence-electron chi connectivity index (χ2n) is 13.7. The Hall–Kier alpha value is -2.07. The van der Waals surface area contributed by atoms with Crippen molar-refractivity contribution in [2.45, 2.75) is 186 Å². The predicted molar refractivity (Wildman–Crippen MR) is 210 cm³/mol. The second-order valence-corrected chi connectivity index (χ2v) is 14.9. The summed E-state index contributed by atoms with van der Waals surface area (Å²) in [5.41, 5.74) is 0. The van der Waals surface area contributed by atoms with E-state index in [4.69, 9.17) is 19.3 Å². The van der Waals surface area contributed by atoms with Crippen molar-refractivity contribution in [1.82, 2.24) is 0 Å². The summed E-state index contributed by atoms with van der Waals surface area (Å²) in [7, 11) is -4.81. The SMILES string of the molecule is CCCCC/C=C\C[C@@H](O)/C=C/C=C/C=C\[C@@H](O)CCCC(=O)OC[C@H](COP(=O)(O)O)OC(=O)CCCCCCCCCCCCCCCCC. The van der Waals surface area contributed by atoms with Gasteiger partial charge in [-0.3, -0.25) is 14.1 Å². The summed E-state index contributed by atoms with van der Waals surface area (Å²) in [5, 5.41) is 20.1. The van der Waals surface area contributed by atoms with E-state index >= 15 is 0 Å². The molecule has 0 bridgehead atoms. The van der Waals surface area contributed by atoms with E-state index in [1.54, 1.807) is 36.5 Å². The summed E-state index contributed by atoms with van der Waals surface area (Å²) < 4.78 is 26.2. The van der Waals surface area contributed by atoms with Gasteiger partial charge in [-0.05, 0) is 38.5 Å². The molecule has 302 valence electrons. The van der Waals surface area contributed by atoms with Gasteiger partial charge < -0.3 is 29.5 Å². The van der Waals surface area contributed by atoms with Crippen molar-refractivity contribution in [3.05, 3.63) is 48.6 Å². The number of rotatable bonds is 36. The van der Waals surface area contributed by atoms with Crippen LogP contribution in [0.1, 0.15) is 168 Å². The van der Waals surface area contributed by atoms with Gasteiger partial charge >= 0.3 is 19.8 Å². The third kappa shape index (κ3) is 37.7. The minimum absolute atomic E-state index is 0.00750. The number of aliphatic hydroxyl groups excluding tert-OH is 2. The standard InChI is InChI=1S/C41H73O10P/c1-3-5-7-9-11-12-13-14-15-16-17-18-19-21-27-33-41(45)51-39(36-50-52(46,47)48)35-49-40(44)34-28-32-38(43)31-26-23-22-25-30-37(42)29-24-20-10-8-6-4-2/h20,22-26,30-31,37-39,42-43H,3-19,21,27-29,32-36H2,1-2H3,(H2,46,47,48)/b23-22+,24-20-,30-25+,31-26-/t37-,38-,39-/m1/s1. The molecule has 0 aliphatic heterocycles. The maximum absolute atomic E-state index is 12.4. The molecule has 0 aliphatic carbocycles. The fourth-order valence-electron chi connectivity index (χ4n) is 5.45. The van der Waals surface area contributed by atoms with Crippen molar-refractivity contribution in [2.24, 2.45) is 0 Å². The molecule has 52 heavy (non-hydrogen) atoms. The number of carbonyl (C=O) groups excluding carboxylic acids is 2. The number of hydrogen-bond acceptors (Lipinski definition) is 8. The van der Waals surface area contributed by atoms with Crippen LogP contribution in [-0.4, -0.2) is 63.5 Å². The van der Waals surface area contributed by atoms with Crippen LogP contribution in [0.3, 0.4) is 0 Å². The molecule has 0 saturated heterocycles. The molecule has 0 aromatic heterocycles. The molecule has 0 amide bonds. The lowest BCUT2D eigenvalue weighted by Gasteiger charge is -2.18. The Kier molecular flexibility index (Phi) is 34.5. The first-order valence-corrected chi connectivity index (χ1v) is 21.7. The Balaban J connectivity index is 4.20. The predicted octanol–water partition coefficient (Wildman–Crippen LogP) is 9.90. The van der Waals surface area contributed by atoms with Gasteiger partial charge in [0.25, 0.3) is 0 Å². The number of esters is 2. The van der Waals surface area contributed by atoms with Crippen LogP contribution in [0.2, 0.25) is 0 Å². The Morgan fingerprint density at radius 3 is 1.65 bits per heavy atom. The number of unbranched alkanes of at least 4 members (excludes halogenated alkanes) is 17. The highest BCUT2D eigenvalue weighted by molar-refractivity contribution is 7.46. The molecule has 10 nitrogen and oxygen atoms in total. The van der Waals surface area contributed by atoms with Crippen LogP contribution in [0.25, 0.3) is 0 Å². The zero-order chi connectivity index (χ0) is 38.5. The van der Waals surface area contributed by atoms with Crippen LogP contribution in [0.5, 0.6) is 0 Å².